The first-order valence-electron chi connectivity index (χ1n) is 38.2. The van der Waals surface area contributed by atoms with Crippen molar-refractivity contribution in [1.82, 2.24) is 39.9 Å². The molecule has 4 aliphatic heterocycles. The molecule has 0 atom stereocenters. The Balaban J connectivity index is 0.000000179. The third-order valence-corrected chi connectivity index (χ3v) is 19.4. The Hall–Kier alpha value is -16.6. The number of unbranched alkanes of at least 4 members (excludes halogenated alkanes) is 1. The summed E-state index contributed by atoms with van der Waals surface area (Å²) in [6.45, 7) is 16.1. The van der Waals surface area contributed by atoms with Crippen LogP contribution in [0.2, 0.25) is 0 Å². The molecule has 0 radical (unpaired) electrons. The van der Waals surface area contributed by atoms with Crippen molar-refractivity contribution < 1.29 is 76.7 Å². The minimum Gasteiger partial charge on any atom is -0.364 e. The highest BCUT2D eigenvalue weighted by Gasteiger charge is 2.40. The Kier molecular flexibility index (Phi) is 31.0. The molecule has 0 unspecified atom stereocenters. The number of fused-ring (bicyclic) bond motifs is 4. The largest absolute Gasteiger partial charge is 0.373 e. The zero-order chi connectivity index (χ0) is 90.2. The highest BCUT2D eigenvalue weighted by atomic mass is 16.2. The first-order chi connectivity index (χ1) is 59.5. The Bertz CT molecular complexity index is 6020. The summed E-state index contributed by atoms with van der Waals surface area (Å²) in [5.41, 5.74) is 39.3. The molecule has 0 saturated heterocycles. The molecule has 16 rings (SSSR count). The highest BCUT2D eigenvalue weighted by molar-refractivity contribution is 6.13. The number of primary amides is 4. The summed E-state index contributed by atoms with van der Waals surface area (Å²) in [4.78, 5) is 207. The van der Waals surface area contributed by atoms with Crippen LogP contribution in [0.5, 0.6) is 0 Å². The highest BCUT2D eigenvalue weighted by Crippen LogP contribution is 2.42. The Morgan fingerprint density at radius 1 is 0.306 bits per heavy atom. The number of nitrogens with two attached hydrogens (primary N) is 4. The Morgan fingerprint density at radius 2 is 0.532 bits per heavy atom. The van der Waals surface area contributed by atoms with Gasteiger partial charge in [-0.1, -0.05) is 188 Å². The lowest BCUT2D eigenvalue weighted by Crippen LogP contribution is -2.22. The Morgan fingerprint density at radius 3 is 0.758 bits per heavy atom. The quantitative estimate of drug-likeness (QED) is 0.0698. The van der Waals surface area contributed by atoms with E-state index in [-0.39, 0.29) is 96.7 Å². The zero-order valence-electron chi connectivity index (χ0n) is 68.3. The normalized spacial score (nSPS) is 11.9. The molecule has 0 bridgehead atoms. The van der Waals surface area contributed by atoms with Gasteiger partial charge in [-0.25, -0.2) is 39.9 Å². The van der Waals surface area contributed by atoms with Crippen LogP contribution in [0, 0.1) is 41.5 Å². The lowest BCUT2D eigenvalue weighted by Gasteiger charge is -2.18. The first-order valence-corrected chi connectivity index (χ1v) is 38.2. The van der Waals surface area contributed by atoms with E-state index in [4.69, 9.17) is 61.3 Å². The molecule has 624 valence electrons. The van der Waals surface area contributed by atoms with Crippen LogP contribution in [0.15, 0.2) is 194 Å². The van der Waals surface area contributed by atoms with E-state index >= 15 is 0 Å². The average molecular weight is 1670 g/mol. The predicted molar refractivity (Wildman–Crippen MR) is 450 cm³/mol. The van der Waals surface area contributed by atoms with E-state index < -0.39 is 23.6 Å². The molecule has 8 N–H and O–H groups in total. The van der Waals surface area contributed by atoms with Crippen LogP contribution in [0.1, 0.15) is 135 Å². The number of hydrogen-bond donors (Lipinski definition) is 4. The van der Waals surface area contributed by atoms with Crippen molar-refractivity contribution in [2.75, 3.05) is 19.6 Å². The lowest BCUT2D eigenvalue weighted by atomic mass is 10.1. The first kappa shape index (κ1) is 91.3. The summed E-state index contributed by atoms with van der Waals surface area (Å²) in [6.07, 6.45) is 5.20. The van der Waals surface area contributed by atoms with Crippen LogP contribution in [0.4, 0.5) is 46.0 Å². The molecular weight excluding hydrogens is 1590 g/mol. The van der Waals surface area contributed by atoms with Crippen molar-refractivity contribution in [1.29, 1.82) is 0 Å². The van der Waals surface area contributed by atoms with Crippen molar-refractivity contribution in [2.24, 2.45) is 22.9 Å². The number of rotatable bonds is 16. The predicted octanol–water partition coefficient (Wildman–Crippen LogP) is 11.3. The van der Waals surface area contributed by atoms with Gasteiger partial charge in [0.25, 0.3) is 23.6 Å². The van der Waals surface area contributed by atoms with Crippen LogP contribution in [-0.4, -0.2) is 112 Å². The van der Waals surface area contributed by atoms with E-state index in [1.54, 1.807) is 9.80 Å². The van der Waals surface area contributed by atoms with E-state index in [1.807, 2.05) is 230 Å². The zero-order valence-corrected chi connectivity index (χ0v) is 68.3. The molecule has 32 heteroatoms. The summed E-state index contributed by atoms with van der Waals surface area (Å²) in [5, 5.41) is 0. The number of aromatic nitrogens is 8. The molecule has 0 spiro atoms. The number of aryl methyl sites for hydroxylation is 8. The van der Waals surface area contributed by atoms with Gasteiger partial charge in [-0.15, -0.1) is 0 Å². The van der Waals surface area contributed by atoms with Crippen molar-refractivity contribution in [3.63, 3.8) is 0 Å². The molecule has 0 aliphatic carbocycles. The van der Waals surface area contributed by atoms with Gasteiger partial charge in [-0.05, 0) is 132 Å². The Labute approximate surface area is 709 Å². The van der Waals surface area contributed by atoms with E-state index in [0.29, 0.717) is 80.2 Å². The average Bonchev–Trinajstić information content (AvgIpc) is 1.62. The number of benzene rings is 8. The minimum absolute atomic E-state index is 0.0513. The molecule has 12 aromatic rings. The summed E-state index contributed by atoms with van der Waals surface area (Å²) >= 11 is 0. The van der Waals surface area contributed by atoms with Gasteiger partial charge in [0.05, 0.1) is 48.4 Å². The fourth-order valence-electron chi connectivity index (χ4n) is 13.6. The number of anilines is 8. The third-order valence-electron chi connectivity index (χ3n) is 19.4. The summed E-state index contributed by atoms with van der Waals surface area (Å²) in [7, 11) is 0. The number of carbonyl (C=O) groups is 8. The van der Waals surface area contributed by atoms with Crippen molar-refractivity contribution in [3.8, 4) is 45.6 Å². The number of hydrogen-bond acceptors (Lipinski definition) is 24. The van der Waals surface area contributed by atoms with Crippen LogP contribution in [0.25, 0.3) is 45.6 Å². The number of nitrogens with zero attached hydrogens (tertiary/aromatic N) is 12. The topological polar surface area (TPSA) is 493 Å². The molecule has 8 heterocycles. The molecule has 4 aromatic heterocycles. The number of amides is 8. The summed E-state index contributed by atoms with van der Waals surface area (Å²) < 4.78 is 0. The molecule has 0 saturated carbocycles. The summed E-state index contributed by atoms with van der Waals surface area (Å²) in [6, 6.07) is 61.5. The maximum Gasteiger partial charge on any atom is 0.373 e. The van der Waals surface area contributed by atoms with Crippen molar-refractivity contribution >= 4 is 118 Å². The molecule has 0 fully saturated rings. The van der Waals surface area contributed by atoms with E-state index in [9.17, 15) is 38.4 Å². The van der Waals surface area contributed by atoms with Crippen molar-refractivity contribution in [3.05, 3.63) is 284 Å². The lowest BCUT2D eigenvalue weighted by molar-refractivity contribution is -0.193. The van der Waals surface area contributed by atoms with Gasteiger partial charge >= 0.3 is 24.6 Å². The second-order valence-corrected chi connectivity index (χ2v) is 28.1. The van der Waals surface area contributed by atoms with Crippen LogP contribution in [0.3, 0.4) is 0 Å². The fraction of sp³-hybridized carbons (Fsp3) is 0.174. The van der Waals surface area contributed by atoms with Gasteiger partial charge < -0.3 is 22.9 Å². The molecular formula is C92H80N16O16. The van der Waals surface area contributed by atoms with Gasteiger partial charge in [-0.3, -0.25) is 58.0 Å². The van der Waals surface area contributed by atoms with Gasteiger partial charge in [0, 0.05) is 44.5 Å². The number of carbonyl (C=O) groups excluding carboxylic acids is 16. The second kappa shape index (κ2) is 42.2. The minimum atomic E-state index is -0.666. The third kappa shape index (κ3) is 21.8. The van der Waals surface area contributed by atoms with Crippen LogP contribution >= 0.6 is 0 Å². The molecule has 8 amide bonds. The molecule has 32 nitrogen and oxygen atoms in total. The van der Waals surface area contributed by atoms with E-state index in [1.165, 1.54) is 15.4 Å². The summed E-state index contributed by atoms with van der Waals surface area (Å²) in [5.74, 6) is -0.0645. The SMILES string of the molecule is CCCCc1cccc(N2C(=O)Cc3c(C(N)=O)nc(-c4ccc(C)cc4)nc32)c1.CCc1cccc(N2C(=O)Cc3c(C(N)=O)nc(-c4ccc(C)cc4)nc32)c1.Cc1ccc(-c2nc(C(N)=O)c3c(n2)N(c2cccc(C)c2)C(=O)C3)cc1.Cc1ccc(-c2nc(C(N)=O)c3c(n2)N(c2cccc(C)c2)C(=O)C3)cc1.O=C=O.O=C=O.O=C=O.O=C=O. The van der Waals surface area contributed by atoms with Crippen LogP contribution < -0.4 is 42.5 Å². The monoisotopic (exact) mass is 1660 g/mol. The smallest absolute Gasteiger partial charge is 0.364 e. The van der Waals surface area contributed by atoms with Gasteiger partial charge in [0.2, 0.25) is 23.6 Å². The van der Waals surface area contributed by atoms with E-state index in [2.05, 4.69) is 59.8 Å². The van der Waals surface area contributed by atoms with Gasteiger partial charge in [0.15, 0.2) is 23.3 Å². The standard InChI is InChI=1S/C24H24N4O2.C22H20N4O2.2C21H18N4O2.4CO2/c1-3-4-6-16-7-5-8-18(13-16)28-20(29)14-19-21(22(25)30)26-23(27-24(19)28)17-11-9-15(2)10-12-17;1-3-14-5-4-6-16(11-14)26-18(27)12-17-19(20(23)28)24-21(25-22(17)26)15-9-7-13(2)8-10-15;2*1-12-6-8-14(9-7-12)20-23-18(19(22)27)16-11-17(26)25(21(16)24-20)15-5-3-4-13(2)10-15;4*2-1-3/h5,7-13H,3-4,6,14H2,1-2H3,(H2,25,30);4-11H,3,12H2,1-2H3,(H2,23,28);2*3-10H,11H2,1-2H3,(H2,22,27);;;;. The van der Waals surface area contributed by atoms with Crippen molar-refractivity contribution in [2.45, 2.75) is 107 Å². The van der Waals surface area contributed by atoms with Gasteiger partial charge in [-0.2, -0.15) is 38.4 Å². The maximum atomic E-state index is 12.9. The molecule has 124 heavy (non-hydrogen) atoms. The fourth-order valence-corrected chi connectivity index (χ4v) is 13.6. The van der Waals surface area contributed by atoms with Crippen LogP contribution in [-0.2, 0) is 96.1 Å². The van der Waals surface area contributed by atoms with E-state index in [0.717, 1.165) is 98.3 Å². The van der Waals surface area contributed by atoms with Gasteiger partial charge in [0.1, 0.15) is 46.0 Å². The molecule has 4 aliphatic rings. The second-order valence-electron chi connectivity index (χ2n) is 28.1. The molecule has 8 aromatic carbocycles. The maximum absolute atomic E-state index is 12.9.